The molecule has 1 rings (SSSR count). The summed E-state index contributed by atoms with van der Waals surface area (Å²) in [5.74, 6) is 0.629. The molecular weight excluding hydrogens is 228 g/mol. The molecular formula is C15H20O3. The molecule has 0 aliphatic rings. The van der Waals surface area contributed by atoms with Crippen LogP contribution in [0.25, 0.3) is 0 Å². The van der Waals surface area contributed by atoms with Crippen molar-refractivity contribution in [2.24, 2.45) is 0 Å². The Balaban J connectivity index is 2.46. The molecule has 0 radical (unpaired) electrons. The van der Waals surface area contributed by atoms with Crippen LogP contribution in [0.15, 0.2) is 24.3 Å². The van der Waals surface area contributed by atoms with Crippen LogP contribution in [0.4, 0.5) is 0 Å². The molecule has 0 heterocycles. The monoisotopic (exact) mass is 248 g/mol. The lowest BCUT2D eigenvalue weighted by Crippen LogP contribution is -2.08. The van der Waals surface area contributed by atoms with Crippen molar-refractivity contribution in [2.45, 2.75) is 39.0 Å². The van der Waals surface area contributed by atoms with Gasteiger partial charge >= 0.3 is 0 Å². The first-order valence-corrected chi connectivity index (χ1v) is 6.36. The Kier molecular flexibility index (Phi) is 6.12. The molecule has 0 atom stereocenters. The Bertz CT molecular complexity index is 393. The maximum absolute atomic E-state index is 11.8. The normalized spacial score (nSPS) is 10.1. The lowest BCUT2D eigenvalue weighted by molar-refractivity contribution is -0.118. The van der Waals surface area contributed by atoms with E-state index in [-0.39, 0.29) is 18.0 Å². The van der Waals surface area contributed by atoms with E-state index in [4.69, 9.17) is 4.74 Å². The summed E-state index contributed by atoms with van der Waals surface area (Å²) in [7, 11) is 1.58. The zero-order valence-corrected chi connectivity index (χ0v) is 11.1. The van der Waals surface area contributed by atoms with Gasteiger partial charge in [0.2, 0.25) is 0 Å². The average Bonchev–Trinajstić information content (AvgIpc) is 2.39. The number of hydrogen-bond acceptors (Lipinski definition) is 3. The highest BCUT2D eigenvalue weighted by atomic mass is 16.5. The minimum absolute atomic E-state index is 0.00996. The number of ether oxygens (including phenoxy) is 1. The molecule has 0 saturated heterocycles. The third kappa shape index (κ3) is 4.70. The standard InChI is InChI=1S/C15H20O3/c1-3-4-5-6-13(16)11-15(17)12-7-9-14(18-2)10-8-12/h7-10H,3-6,11H2,1-2H3. The van der Waals surface area contributed by atoms with Crippen molar-refractivity contribution in [3.05, 3.63) is 29.8 Å². The number of ketones is 2. The zero-order valence-electron chi connectivity index (χ0n) is 11.1. The van der Waals surface area contributed by atoms with Crippen molar-refractivity contribution in [3.63, 3.8) is 0 Å². The van der Waals surface area contributed by atoms with Gasteiger partial charge in [-0.15, -0.1) is 0 Å². The quantitative estimate of drug-likeness (QED) is 0.402. The topological polar surface area (TPSA) is 43.4 Å². The van der Waals surface area contributed by atoms with Gasteiger partial charge in [-0.2, -0.15) is 0 Å². The smallest absolute Gasteiger partial charge is 0.170 e. The van der Waals surface area contributed by atoms with E-state index >= 15 is 0 Å². The number of benzene rings is 1. The van der Waals surface area contributed by atoms with E-state index in [1.165, 1.54) is 0 Å². The minimum atomic E-state index is -0.112. The fourth-order valence-electron chi connectivity index (χ4n) is 1.72. The fraction of sp³-hybridized carbons (Fsp3) is 0.467. The van der Waals surface area contributed by atoms with Crippen molar-refractivity contribution in [1.29, 1.82) is 0 Å². The van der Waals surface area contributed by atoms with Gasteiger partial charge < -0.3 is 4.74 Å². The van der Waals surface area contributed by atoms with Gasteiger partial charge in [0.1, 0.15) is 11.5 Å². The SMILES string of the molecule is CCCCCC(=O)CC(=O)c1ccc(OC)cc1. The Morgan fingerprint density at radius 2 is 1.78 bits per heavy atom. The van der Waals surface area contributed by atoms with E-state index in [1.54, 1.807) is 31.4 Å². The lowest BCUT2D eigenvalue weighted by atomic mass is 10.0. The Hall–Kier alpha value is -1.64. The molecule has 18 heavy (non-hydrogen) atoms. The molecule has 0 amide bonds. The van der Waals surface area contributed by atoms with Crippen LogP contribution in [-0.2, 0) is 4.79 Å². The largest absolute Gasteiger partial charge is 0.497 e. The number of rotatable bonds is 8. The summed E-state index contributed by atoms with van der Waals surface area (Å²) in [6.07, 6.45) is 3.53. The van der Waals surface area contributed by atoms with E-state index in [0.717, 1.165) is 19.3 Å². The predicted molar refractivity (Wildman–Crippen MR) is 71.1 cm³/mol. The lowest BCUT2D eigenvalue weighted by Gasteiger charge is -2.03. The molecule has 0 unspecified atom stereocenters. The third-order valence-corrected chi connectivity index (χ3v) is 2.83. The number of Topliss-reactive ketones (excluding diaryl/α,β-unsaturated/α-hetero) is 2. The predicted octanol–water partition coefficient (Wildman–Crippen LogP) is 3.42. The summed E-state index contributed by atoms with van der Waals surface area (Å²) < 4.78 is 5.02. The summed E-state index contributed by atoms with van der Waals surface area (Å²) >= 11 is 0. The highest BCUT2D eigenvalue weighted by Gasteiger charge is 2.11. The highest BCUT2D eigenvalue weighted by molar-refractivity contribution is 6.07. The summed E-state index contributed by atoms with van der Waals surface area (Å²) in [5.41, 5.74) is 0.569. The van der Waals surface area contributed by atoms with Gasteiger partial charge in [-0.25, -0.2) is 0 Å². The van der Waals surface area contributed by atoms with Crippen molar-refractivity contribution < 1.29 is 14.3 Å². The van der Waals surface area contributed by atoms with Crippen molar-refractivity contribution >= 4 is 11.6 Å². The van der Waals surface area contributed by atoms with Crippen molar-refractivity contribution in [1.82, 2.24) is 0 Å². The molecule has 98 valence electrons. The average molecular weight is 248 g/mol. The van der Waals surface area contributed by atoms with Crippen LogP contribution in [0.1, 0.15) is 49.4 Å². The Morgan fingerprint density at radius 3 is 2.33 bits per heavy atom. The second-order valence-electron chi connectivity index (χ2n) is 4.32. The van der Waals surface area contributed by atoms with Gasteiger partial charge in [0.05, 0.1) is 13.5 Å². The summed E-state index contributed by atoms with van der Waals surface area (Å²) in [4.78, 5) is 23.4. The van der Waals surface area contributed by atoms with Crippen LogP contribution in [-0.4, -0.2) is 18.7 Å². The summed E-state index contributed by atoms with van der Waals surface area (Å²) in [6, 6.07) is 6.85. The molecule has 0 saturated carbocycles. The van der Waals surface area contributed by atoms with E-state index < -0.39 is 0 Å². The first kappa shape index (κ1) is 14.4. The minimum Gasteiger partial charge on any atom is -0.497 e. The second kappa shape index (κ2) is 7.64. The molecule has 0 spiro atoms. The van der Waals surface area contributed by atoms with Gasteiger partial charge in [-0.05, 0) is 30.7 Å². The van der Waals surface area contributed by atoms with E-state index in [9.17, 15) is 9.59 Å². The van der Waals surface area contributed by atoms with Crippen LogP contribution in [0.5, 0.6) is 5.75 Å². The molecule has 0 bridgehead atoms. The first-order valence-electron chi connectivity index (χ1n) is 6.36. The molecule has 0 aromatic heterocycles. The fourth-order valence-corrected chi connectivity index (χ4v) is 1.72. The maximum atomic E-state index is 11.8. The van der Waals surface area contributed by atoms with Crippen molar-refractivity contribution in [3.8, 4) is 5.75 Å². The van der Waals surface area contributed by atoms with Crippen LogP contribution in [0.2, 0.25) is 0 Å². The zero-order chi connectivity index (χ0) is 13.4. The van der Waals surface area contributed by atoms with Crippen LogP contribution < -0.4 is 4.74 Å². The second-order valence-corrected chi connectivity index (χ2v) is 4.32. The van der Waals surface area contributed by atoms with Crippen LogP contribution in [0, 0.1) is 0 Å². The maximum Gasteiger partial charge on any atom is 0.170 e. The van der Waals surface area contributed by atoms with Crippen LogP contribution in [0.3, 0.4) is 0 Å². The number of hydrogen-bond donors (Lipinski definition) is 0. The molecule has 1 aromatic rings. The van der Waals surface area contributed by atoms with Gasteiger partial charge in [0.15, 0.2) is 5.78 Å². The summed E-state index contributed by atoms with van der Waals surface area (Å²) in [6.45, 7) is 2.09. The molecule has 1 aromatic carbocycles. The first-order chi connectivity index (χ1) is 8.67. The van der Waals surface area contributed by atoms with E-state index in [1.807, 2.05) is 0 Å². The van der Waals surface area contributed by atoms with Gasteiger partial charge in [-0.3, -0.25) is 9.59 Å². The Labute approximate surface area is 108 Å². The molecule has 3 nitrogen and oxygen atoms in total. The number of unbranched alkanes of at least 4 members (excludes halogenated alkanes) is 2. The highest BCUT2D eigenvalue weighted by Crippen LogP contribution is 2.13. The molecule has 3 heteroatoms. The number of carbonyl (C=O) groups excluding carboxylic acids is 2. The van der Waals surface area contributed by atoms with Gasteiger partial charge in [0.25, 0.3) is 0 Å². The Morgan fingerprint density at radius 1 is 1.11 bits per heavy atom. The molecule has 0 aliphatic heterocycles. The van der Waals surface area contributed by atoms with Gasteiger partial charge in [-0.1, -0.05) is 19.8 Å². The van der Waals surface area contributed by atoms with Gasteiger partial charge in [0, 0.05) is 12.0 Å². The molecule has 0 N–H and O–H groups in total. The molecule has 0 fully saturated rings. The molecule has 0 aliphatic carbocycles. The summed E-state index contributed by atoms with van der Waals surface area (Å²) in [5, 5.41) is 0. The van der Waals surface area contributed by atoms with Crippen molar-refractivity contribution in [2.75, 3.05) is 7.11 Å². The number of carbonyl (C=O) groups is 2. The van der Waals surface area contributed by atoms with E-state index in [2.05, 4.69) is 6.92 Å². The van der Waals surface area contributed by atoms with Crippen LogP contribution >= 0.6 is 0 Å². The van der Waals surface area contributed by atoms with E-state index in [0.29, 0.717) is 17.7 Å². The number of methoxy groups -OCH3 is 1. The third-order valence-electron chi connectivity index (χ3n) is 2.83.